The molecule has 0 saturated heterocycles. The second-order valence-electron chi connectivity index (χ2n) is 5.17. The monoisotopic (exact) mass is 345 g/mol. The highest BCUT2D eigenvalue weighted by Gasteiger charge is 2.27. The molecule has 0 aliphatic heterocycles. The van der Waals surface area contributed by atoms with Crippen LogP contribution in [0, 0.1) is 6.92 Å². The number of hydrogen-bond donors (Lipinski definition) is 2. The Morgan fingerprint density at radius 2 is 1.83 bits per heavy atom. The maximum Gasteiger partial charge on any atom is 0.323 e. The van der Waals surface area contributed by atoms with Crippen molar-refractivity contribution in [1.29, 1.82) is 0 Å². The summed E-state index contributed by atoms with van der Waals surface area (Å²) in [4.78, 5) is 37.2. The number of nitrogens with zero attached hydrogens (tertiary/aromatic N) is 1. The van der Waals surface area contributed by atoms with Crippen molar-refractivity contribution in [2.45, 2.75) is 13.8 Å². The molecule has 2 rings (SSSR count). The highest BCUT2D eigenvalue weighted by Crippen LogP contribution is 2.21. The molecule has 0 aromatic heterocycles. The molecule has 0 atom stereocenters. The van der Waals surface area contributed by atoms with Crippen LogP contribution in [-0.4, -0.2) is 17.7 Å². The molecule has 24 heavy (non-hydrogen) atoms. The van der Waals surface area contributed by atoms with E-state index in [0.717, 1.165) is 4.90 Å². The minimum absolute atomic E-state index is 0.232. The number of hydrogen-bond acceptors (Lipinski definition) is 4. The number of nitrogen functional groups attached to an aromatic ring is 1. The average molecular weight is 346 g/mol. The molecule has 0 aliphatic rings. The third kappa shape index (κ3) is 3.91. The van der Waals surface area contributed by atoms with Gasteiger partial charge >= 0.3 is 11.8 Å². The maximum atomic E-state index is 12.4. The Morgan fingerprint density at radius 3 is 2.42 bits per heavy atom. The minimum Gasteiger partial charge on any atom is -0.399 e. The molecule has 0 aliphatic carbocycles. The Hall–Kier alpha value is -2.86. The molecule has 0 saturated carbocycles. The summed E-state index contributed by atoms with van der Waals surface area (Å²) in [5, 5.41) is 3.00. The zero-order chi connectivity index (χ0) is 17.9. The molecule has 0 radical (unpaired) electrons. The van der Waals surface area contributed by atoms with Gasteiger partial charge in [0.1, 0.15) is 0 Å². The molecule has 2 aromatic carbocycles. The molecule has 0 heterocycles. The van der Waals surface area contributed by atoms with Crippen LogP contribution in [0.5, 0.6) is 0 Å². The van der Waals surface area contributed by atoms with Gasteiger partial charge in [-0.1, -0.05) is 17.7 Å². The zero-order valence-electron chi connectivity index (χ0n) is 13.2. The van der Waals surface area contributed by atoms with Crippen LogP contribution in [0.25, 0.3) is 0 Å². The summed E-state index contributed by atoms with van der Waals surface area (Å²) >= 11 is 5.86. The lowest BCUT2D eigenvalue weighted by atomic mass is 10.2. The fourth-order valence-corrected chi connectivity index (χ4v) is 2.38. The minimum atomic E-state index is -0.998. The highest BCUT2D eigenvalue weighted by molar-refractivity contribution is 6.48. The summed E-state index contributed by atoms with van der Waals surface area (Å²) in [6, 6.07) is 11.0. The van der Waals surface area contributed by atoms with Crippen molar-refractivity contribution in [3.8, 4) is 0 Å². The number of carbonyl (C=O) groups excluding carboxylic acids is 3. The SMILES string of the molecule is CC(=O)N(C(=O)C(=O)Nc1ccc(Cl)cc1C)c1cccc(N)c1. The van der Waals surface area contributed by atoms with Gasteiger partial charge in [-0.15, -0.1) is 0 Å². The smallest absolute Gasteiger partial charge is 0.323 e. The van der Waals surface area contributed by atoms with Crippen molar-refractivity contribution in [3.63, 3.8) is 0 Å². The van der Waals surface area contributed by atoms with Gasteiger partial charge < -0.3 is 11.1 Å². The van der Waals surface area contributed by atoms with Gasteiger partial charge in [-0.05, 0) is 48.9 Å². The second kappa shape index (κ2) is 7.14. The first kappa shape index (κ1) is 17.5. The third-order valence-corrected chi connectivity index (χ3v) is 3.51. The van der Waals surface area contributed by atoms with Crippen molar-refractivity contribution >= 4 is 46.4 Å². The number of benzene rings is 2. The van der Waals surface area contributed by atoms with Crippen molar-refractivity contribution < 1.29 is 14.4 Å². The first-order chi connectivity index (χ1) is 11.3. The summed E-state index contributed by atoms with van der Waals surface area (Å²) in [6.07, 6.45) is 0. The first-order valence-electron chi connectivity index (χ1n) is 7.07. The van der Waals surface area contributed by atoms with Gasteiger partial charge in [-0.3, -0.25) is 14.4 Å². The average Bonchev–Trinajstić information content (AvgIpc) is 2.49. The Labute approximate surface area is 144 Å². The number of anilines is 3. The molecule has 6 nitrogen and oxygen atoms in total. The van der Waals surface area contributed by atoms with Crippen LogP contribution < -0.4 is 16.0 Å². The van der Waals surface area contributed by atoms with Gasteiger partial charge in [0.05, 0.1) is 5.69 Å². The van der Waals surface area contributed by atoms with Gasteiger partial charge in [-0.2, -0.15) is 0 Å². The largest absolute Gasteiger partial charge is 0.399 e. The van der Waals surface area contributed by atoms with Gasteiger partial charge in [0.15, 0.2) is 0 Å². The van der Waals surface area contributed by atoms with Crippen LogP contribution in [0.3, 0.4) is 0 Å². The topological polar surface area (TPSA) is 92.5 Å². The highest BCUT2D eigenvalue weighted by atomic mass is 35.5. The van der Waals surface area contributed by atoms with Crippen LogP contribution >= 0.6 is 11.6 Å². The lowest BCUT2D eigenvalue weighted by Crippen LogP contribution is -2.42. The third-order valence-electron chi connectivity index (χ3n) is 3.28. The molecule has 124 valence electrons. The van der Waals surface area contributed by atoms with E-state index in [1.54, 1.807) is 37.3 Å². The van der Waals surface area contributed by atoms with Crippen LogP contribution in [-0.2, 0) is 14.4 Å². The fourth-order valence-electron chi connectivity index (χ4n) is 2.15. The standard InChI is InChI=1S/C17H16ClN3O3/c1-10-8-12(18)6-7-15(10)20-16(23)17(24)21(11(2)22)14-5-3-4-13(19)9-14/h3-9H,19H2,1-2H3,(H,20,23). The molecule has 7 heteroatoms. The summed E-state index contributed by atoms with van der Waals surface area (Å²) < 4.78 is 0. The van der Waals surface area contributed by atoms with E-state index >= 15 is 0 Å². The maximum absolute atomic E-state index is 12.4. The Bertz CT molecular complexity index is 820. The summed E-state index contributed by atoms with van der Waals surface area (Å²) in [5.41, 5.74) is 7.41. The van der Waals surface area contributed by atoms with E-state index in [0.29, 0.717) is 22.0 Å². The summed E-state index contributed by atoms with van der Waals surface area (Å²) in [5.74, 6) is -2.52. The summed E-state index contributed by atoms with van der Waals surface area (Å²) in [6.45, 7) is 2.94. The Kier molecular flexibility index (Phi) is 5.21. The van der Waals surface area contributed by atoms with Gasteiger partial charge in [0.2, 0.25) is 5.91 Å². The molecule has 3 N–H and O–H groups in total. The quantitative estimate of drug-likeness (QED) is 0.646. The Balaban J connectivity index is 2.26. The number of carbonyl (C=O) groups is 3. The molecule has 3 amide bonds. The molecule has 0 fully saturated rings. The van der Waals surface area contributed by atoms with E-state index < -0.39 is 17.7 Å². The van der Waals surface area contributed by atoms with Crippen molar-refractivity contribution in [2.24, 2.45) is 0 Å². The van der Waals surface area contributed by atoms with Crippen molar-refractivity contribution in [3.05, 3.63) is 53.1 Å². The summed E-state index contributed by atoms with van der Waals surface area (Å²) in [7, 11) is 0. The van der Waals surface area contributed by atoms with Crippen LogP contribution in [0.1, 0.15) is 12.5 Å². The lowest BCUT2D eigenvalue weighted by Gasteiger charge is -2.19. The van der Waals surface area contributed by atoms with Crippen LogP contribution in [0.2, 0.25) is 5.02 Å². The predicted octanol–water partition coefficient (Wildman–Crippen LogP) is 2.75. The van der Waals surface area contributed by atoms with Crippen molar-refractivity contribution in [1.82, 2.24) is 0 Å². The van der Waals surface area contributed by atoms with Crippen molar-refractivity contribution in [2.75, 3.05) is 16.0 Å². The van der Waals surface area contributed by atoms with E-state index in [-0.39, 0.29) is 5.69 Å². The molecule has 0 unspecified atom stereocenters. The normalized spacial score (nSPS) is 10.1. The van der Waals surface area contributed by atoms with Crippen LogP contribution in [0.15, 0.2) is 42.5 Å². The number of aryl methyl sites for hydroxylation is 1. The van der Waals surface area contributed by atoms with E-state index in [4.69, 9.17) is 17.3 Å². The molecular formula is C17H16ClN3O3. The van der Waals surface area contributed by atoms with E-state index in [1.807, 2.05) is 0 Å². The van der Waals surface area contributed by atoms with Gasteiger partial charge in [-0.25, -0.2) is 4.90 Å². The van der Waals surface area contributed by atoms with Gasteiger partial charge in [0, 0.05) is 23.3 Å². The fraction of sp³-hybridized carbons (Fsp3) is 0.118. The second-order valence-corrected chi connectivity index (χ2v) is 5.60. The number of halogens is 1. The zero-order valence-corrected chi connectivity index (χ0v) is 13.9. The predicted molar refractivity (Wildman–Crippen MR) is 93.8 cm³/mol. The number of rotatable bonds is 2. The number of imide groups is 1. The van der Waals surface area contributed by atoms with E-state index in [2.05, 4.69) is 5.32 Å². The molecule has 2 aromatic rings. The van der Waals surface area contributed by atoms with E-state index in [9.17, 15) is 14.4 Å². The molecule has 0 bridgehead atoms. The van der Waals surface area contributed by atoms with Gasteiger partial charge in [0.25, 0.3) is 0 Å². The number of nitrogens with two attached hydrogens (primary N) is 1. The van der Waals surface area contributed by atoms with E-state index in [1.165, 1.54) is 19.1 Å². The van der Waals surface area contributed by atoms with Crippen LogP contribution in [0.4, 0.5) is 17.1 Å². The number of nitrogens with one attached hydrogen (secondary N) is 1. The molecule has 0 spiro atoms. The Morgan fingerprint density at radius 1 is 1.12 bits per heavy atom. The first-order valence-corrected chi connectivity index (χ1v) is 7.45. The lowest BCUT2D eigenvalue weighted by molar-refractivity contribution is -0.136. The molecular weight excluding hydrogens is 330 g/mol. The number of amides is 3.